The van der Waals surface area contributed by atoms with Crippen LogP contribution < -0.4 is 0 Å². The standard InChI is InChI=1S/C11H24O3/c1-5-9(2)6-7-14-10(3)11(8-12)13-4/h9-12H,5-8H2,1-4H3. The quantitative estimate of drug-likeness (QED) is 0.655. The van der Waals surface area contributed by atoms with Crippen LogP contribution in [0.15, 0.2) is 0 Å². The van der Waals surface area contributed by atoms with Crippen molar-refractivity contribution < 1.29 is 14.6 Å². The summed E-state index contributed by atoms with van der Waals surface area (Å²) in [5.74, 6) is 0.706. The predicted molar refractivity (Wildman–Crippen MR) is 57.4 cm³/mol. The number of aliphatic hydroxyl groups excluding tert-OH is 1. The van der Waals surface area contributed by atoms with Crippen LogP contribution in [0.3, 0.4) is 0 Å². The Morgan fingerprint density at radius 3 is 2.36 bits per heavy atom. The molecule has 14 heavy (non-hydrogen) atoms. The highest BCUT2D eigenvalue weighted by atomic mass is 16.5. The van der Waals surface area contributed by atoms with Crippen molar-refractivity contribution in [3.63, 3.8) is 0 Å². The van der Waals surface area contributed by atoms with Gasteiger partial charge < -0.3 is 14.6 Å². The van der Waals surface area contributed by atoms with Crippen molar-refractivity contribution in [2.75, 3.05) is 20.3 Å². The number of rotatable bonds is 8. The van der Waals surface area contributed by atoms with Crippen LogP contribution in [-0.2, 0) is 9.47 Å². The second-order valence-electron chi connectivity index (χ2n) is 3.83. The third-order valence-electron chi connectivity index (χ3n) is 2.69. The highest BCUT2D eigenvalue weighted by Gasteiger charge is 2.15. The van der Waals surface area contributed by atoms with E-state index in [-0.39, 0.29) is 18.8 Å². The van der Waals surface area contributed by atoms with E-state index in [1.807, 2.05) is 6.92 Å². The van der Waals surface area contributed by atoms with E-state index in [4.69, 9.17) is 14.6 Å². The number of ether oxygens (including phenoxy) is 2. The van der Waals surface area contributed by atoms with Crippen LogP contribution in [0.4, 0.5) is 0 Å². The predicted octanol–water partition coefficient (Wildman–Crippen LogP) is 1.83. The molecule has 0 spiro atoms. The van der Waals surface area contributed by atoms with Gasteiger partial charge in [0.15, 0.2) is 0 Å². The topological polar surface area (TPSA) is 38.7 Å². The van der Waals surface area contributed by atoms with Crippen LogP contribution in [0.25, 0.3) is 0 Å². The third kappa shape index (κ3) is 5.58. The molecular weight excluding hydrogens is 180 g/mol. The molecule has 3 nitrogen and oxygen atoms in total. The molecule has 0 bridgehead atoms. The van der Waals surface area contributed by atoms with Crippen molar-refractivity contribution in [3.8, 4) is 0 Å². The molecular formula is C11H24O3. The Morgan fingerprint density at radius 1 is 1.29 bits per heavy atom. The largest absolute Gasteiger partial charge is 0.394 e. The number of methoxy groups -OCH3 is 1. The first-order chi connectivity index (χ1) is 6.65. The van der Waals surface area contributed by atoms with Crippen molar-refractivity contribution >= 4 is 0 Å². The summed E-state index contributed by atoms with van der Waals surface area (Å²) in [6.45, 7) is 7.09. The molecule has 0 aromatic rings. The van der Waals surface area contributed by atoms with E-state index in [1.54, 1.807) is 7.11 Å². The smallest absolute Gasteiger partial charge is 0.106 e. The molecule has 1 N–H and O–H groups in total. The van der Waals surface area contributed by atoms with Gasteiger partial charge in [0.25, 0.3) is 0 Å². The lowest BCUT2D eigenvalue weighted by atomic mass is 10.1. The van der Waals surface area contributed by atoms with E-state index in [9.17, 15) is 0 Å². The van der Waals surface area contributed by atoms with Gasteiger partial charge in [0, 0.05) is 13.7 Å². The van der Waals surface area contributed by atoms with Gasteiger partial charge in [-0.3, -0.25) is 0 Å². The van der Waals surface area contributed by atoms with Gasteiger partial charge in [0.05, 0.1) is 12.7 Å². The monoisotopic (exact) mass is 204 g/mol. The molecule has 0 aliphatic rings. The van der Waals surface area contributed by atoms with E-state index in [2.05, 4.69) is 13.8 Å². The van der Waals surface area contributed by atoms with Gasteiger partial charge in [0.1, 0.15) is 6.10 Å². The molecule has 0 amide bonds. The molecule has 0 radical (unpaired) electrons. The molecule has 0 saturated heterocycles. The molecule has 3 heteroatoms. The second-order valence-corrected chi connectivity index (χ2v) is 3.83. The van der Waals surface area contributed by atoms with E-state index in [0.717, 1.165) is 13.0 Å². The minimum Gasteiger partial charge on any atom is -0.394 e. The molecule has 0 heterocycles. The maximum absolute atomic E-state index is 8.95. The lowest BCUT2D eigenvalue weighted by Crippen LogP contribution is -2.31. The van der Waals surface area contributed by atoms with Crippen molar-refractivity contribution in [2.24, 2.45) is 5.92 Å². The zero-order chi connectivity index (χ0) is 11.0. The fourth-order valence-corrected chi connectivity index (χ4v) is 1.18. The lowest BCUT2D eigenvalue weighted by Gasteiger charge is -2.21. The summed E-state index contributed by atoms with van der Waals surface area (Å²) < 4.78 is 10.6. The van der Waals surface area contributed by atoms with Crippen molar-refractivity contribution in [3.05, 3.63) is 0 Å². The first-order valence-corrected chi connectivity index (χ1v) is 5.40. The summed E-state index contributed by atoms with van der Waals surface area (Å²) in [7, 11) is 1.59. The second kappa shape index (κ2) is 8.21. The zero-order valence-electron chi connectivity index (χ0n) is 9.82. The fourth-order valence-electron chi connectivity index (χ4n) is 1.18. The van der Waals surface area contributed by atoms with Gasteiger partial charge in [0.2, 0.25) is 0 Å². The molecule has 0 aromatic heterocycles. The zero-order valence-corrected chi connectivity index (χ0v) is 9.82. The summed E-state index contributed by atoms with van der Waals surface area (Å²) in [5.41, 5.74) is 0. The highest BCUT2D eigenvalue weighted by molar-refractivity contribution is 4.64. The van der Waals surface area contributed by atoms with E-state index >= 15 is 0 Å². The van der Waals surface area contributed by atoms with E-state index in [1.165, 1.54) is 6.42 Å². The van der Waals surface area contributed by atoms with Crippen LogP contribution in [-0.4, -0.2) is 37.6 Å². The summed E-state index contributed by atoms with van der Waals surface area (Å²) in [6, 6.07) is 0. The molecule has 0 rings (SSSR count). The molecule has 0 saturated carbocycles. The molecule has 3 unspecified atom stereocenters. The van der Waals surface area contributed by atoms with Crippen LogP contribution in [0.2, 0.25) is 0 Å². The Balaban J connectivity index is 3.56. The highest BCUT2D eigenvalue weighted by Crippen LogP contribution is 2.09. The number of aliphatic hydroxyl groups is 1. The molecule has 0 fully saturated rings. The molecule has 0 aliphatic heterocycles. The minimum absolute atomic E-state index is 0.0149. The van der Waals surface area contributed by atoms with Gasteiger partial charge in [-0.25, -0.2) is 0 Å². The molecule has 0 aromatic carbocycles. The van der Waals surface area contributed by atoms with Crippen LogP contribution in [0.5, 0.6) is 0 Å². The lowest BCUT2D eigenvalue weighted by molar-refractivity contribution is -0.0699. The first-order valence-electron chi connectivity index (χ1n) is 5.40. The Labute approximate surface area is 87.4 Å². The molecule has 86 valence electrons. The molecule has 3 atom stereocenters. The summed E-state index contributed by atoms with van der Waals surface area (Å²) >= 11 is 0. The summed E-state index contributed by atoms with van der Waals surface area (Å²) in [5, 5.41) is 8.95. The average Bonchev–Trinajstić information content (AvgIpc) is 2.19. The van der Waals surface area contributed by atoms with Gasteiger partial charge >= 0.3 is 0 Å². The summed E-state index contributed by atoms with van der Waals surface area (Å²) in [6.07, 6.45) is 2.02. The fraction of sp³-hybridized carbons (Fsp3) is 1.00. The van der Waals surface area contributed by atoms with Crippen LogP contribution in [0.1, 0.15) is 33.6 Å². The Kier molecular flexibility index (Phi) is 8.14. The number of hydrogen-bond acceptors (Lipinski definition) is 3. The Morgan fingerprint density at radius 2 is 1.93 bits per heavy atom. The Bertz CT molecular complexity index is 124. The summed E-state index contributed by atoms with van der Waals surface area (Å²) in [4.78, 5) is 0. The van der Waals surface area contributed by atoms with Gasteiger partial charge in [-0.15, -0.1) is 0 Å². The van der Waals surface area contributed by atoms with Crippen molar-refractivity contribution in [1.82, 2.24) is 0 Å². The van der Waals surface area contributed by atoms with Crippen molar-refractivity contribution in [2.45, 2.75) is 45.8 Å². The minimum atomic E-state index is -0.202. The number of hydrogen-bond donors (Lipinski definition) is 1. The first kappa shape index (κ1) is 13.9. The third-order valence-corrected chi connectivity index (χ3v) is 2.69. The van der Waals surface area contributed by atoms with E-state index in [0.29, 0.717) is 5.92 Å². The van der Waals surface area contributed by atoms with Crippen LogP contribution >= 0.6 is 0 Å². The molecule has 0 aliphatic carbocycles. The van der Waals surface area contributed by atoms with Gasteiger partial charge in [-0.05, 0) is 19.3 Å². The van der Waals surface area contributed by atoms with Crippen molar-refractivity contribution in [1.29, 1.82) is 0 Å². The average molecular weight is 204 g/mol. The van der Waals surface area contributed by atoms with Gasteiger partial charge in [-0.2, -0.15) is 0 Å². The Hall–Kier alpha value is -0.120. The maximum atomic E-state index is 8.95. The van der Waals surface area contributed by atoms with Gasteiger partial charge in [-0.1, -0.05) is 20.3 Å². The maximum Gasteiger partial charge on any atom is 0.106 e. The van der Waals surface area contributed by atoms with E-state index < -0.39 is 0 Å². The normalized spacial score (nSPS) is 17.8. The SMILES string of the molecule is CCC(C)CCOC(C)C(CO)OC. The van der Waals surface area contributed by atoms with Crippen LogP contribution in [0, 0.1) is 5.92 Å².